The Kier molecular flexibility index (Phi) is 4.42. The smallest absolute Gasteiger partial charge is 0.257 e. The molecule has 5 heteroatoms. The molecule has 2 heterocycles. The predicted molar refractivity (Wildman–Crippen MR) is 76.6 cm³/mol. The van der Waals surface area contributed by atoms with Gasteiger partial charge < -0.3 is 4.90 Å². The molecule has 1 fully saturated rings. The molecule has 1 amide bonds. The molecule has 19 heavy (non-hydrogen) atoms. The molecule has 1 aromatic rings. The molecule has 0 aromatic carbocycles. The molecule has 1 atom stereocenters. The van der Waals surface area contributed by atoms with Crippen LogP contribution in [0.3, 0.4) is 0 Å². The van der Waals surface area contributed by atoms with Crippen LogP contribution in [0.4, 0.5) is 0 Å². The van der Waals surface area contributed by atoms with Gasteiger partial charge in [0, 0.05) is 37.6 Å². The summed E-state index contributed by atoms with van der Waals surface area (Å²) in [5, 5.41) is 0.489. The fourth-order valence-corrected chi connectivity index (χ4v) is 2.79. The van der Waals surface area contributed by atoms with Crippen LogP contribution in [0.5, 0.6) is 0 Å². The Labute approximate surface area is 119 Å². The molecule has 0 radical (unpaired) electrons. The first-order valence-corrected chi connectivity index (χ1v) is 7.06. The number of pyridine rings is 1. The molecule has 104 valence electrons. The molecule has 0 aliphatic carbocycles. The number of hydrogen-bond acceptors (Lipinski definition) is 3. The van der Waals surface area contributed by atoms with Crippen LogP contribution in [0.15, 0.2) is 12.3 Å². The number of halogens is 1. The molecule has 0 saturated carbocycles. The van der Waals surface area contributed by atoms with Crippen LogP contribution >= 0.6 is 11.6 Å². The first kappa shape index (κ1) is 14.3. The molecule has 0 N–H and O–H groups in total. The van der Waals surface area contributed by atoms with Crippen LogP contribution in [-0.4, -0.2) is 52.9 Å². The van der Waals surface area contributed by atoms with Crippen LogP contribution in [0.2, 0.25) is 5.02 Å². The molecule has 4 nitrogen and oxygen atoms in total. The minimum atomic E-state index is -0.0138. The first-order valence-electron chi connectivity index (χ1n) is 6.68. The number of carbonyl (C=O) groups excluding carboxylic acids is 1. The van der Waals surface area contributed by atoms with Crippen molar-refractivity contribution in [3.63, 3.8) is 0 Å². The first-order chi connectivity index (χ1) is 9.02. The van der Waals surface area contributed by atoms with Crippen molar-refractivity contribution in [3.05, 3.63) is 28.5 Å². The molecule has 0 bridgehead atoms. The summed E-state index contributed by atoms with van der Waals surface area (Å²) in [6.07, 6.45) is 1.58. The van der Waals surface area contributed by atoms with Gasteiger partial charge in [-0.25, -0.2) is 0 Å². The summed E-state index contributed by atoms with van der Waals surface area (Å²) in [6.45, 7) is 9.60. The maximum absolute atomic E-state index is 12.5. The van der Waals surface area contributed by atoms with E-state index in [1.54, 1.807) is 12.3 Å². The summed E-state index contributed by atoms with van der Waals surface area (Å²) in [5.41, 5.74) is 1.33. The van der Waals surface area contributed by atoms with Crippen LogP contribution < -0.4 is 0 Å². The van der Waals surface area contributed by atoms with Crippen LogP contribution in [-0.2, 0) is 0 Å². The fraction of sp³-hybridized carbons (Fsp3) is 0.571. The highest BCUT2D eigenvalue weighted by molar-refractivity contribution is 6.33. The van der Waals surface area contributed by atoms with Gasteiger partial charge in [-0.2, -0.15) is 0 Å². The van der Waals surface area contributed by atoms with E-state index >= 15 is 0 Å². The molecule has 1 unspecified atom stereocenters. The number of aromatic nitrogens is 1. The summed E-state index contributed by atoms with van der Waals surface area (Å²) < 4.78 is 0. The van der Waals surface area contributed by atoms with Crippen molar-refractivity contribution in [2.24, 2.45) is 0 Å². The summed E-state index contributed by atoms with van der Waals surface area (Å²) >= 11 is 6.14. The maximum Gasteiger partial charge on any atom is 0.257 e. The van der Waals surface area contributed by atoms with Gasteiger partial charge in [-0.1, -0.05) is 18.5 Å². The second-order valence-corrected chi connectivity index (χ2v) is 5.44. The van der Waals surface area contributed by atoms with E-state index in [1.165, 1.54) is 0 Å². The molecule has 2 rings (SSSR count). The summed E-state index contributed by atoms with van der Waals surface area (Å²) in [6, 6.07) is 2.13. The Balaban J connectivity index is 2.12. The fourth-order valence-electron chi connectivity index (χ4n) is 2.50. The molecule has 1 aliphatic heterocycles. The van der Waals surface area contributed by atoms with Gasteiger partial charge in [0.05, 0.1) is 10.6 Å². The van der Waals surface area contributed by atoms with E-state index in [1.807, 2.05) is 11.8 Å². The van der Waals surface area contributed by atoms with Gasteiger partial charge in [-0.15, -0.1) is 0 Å². The van der Waals surface area contributed by atoms with Gasteiger partial charge in [0.1, 0.15) is 0 Å². The number of hydrogen-bond donors (Lipinski definition) is 0. The average molecular weight is 282 g/mol. The lowest BCUT2D eigenvalue weighted by Crippen LogP contribution is -2.53. The number of rotatable bonds is 2. The SMILES string of the molecule is CCN1CCN(C(=O)c2cnc(C)cc2Cl)CC1C. The van der Waals surface area contributed by atoms with Gasteiger partial charge in [0.15, 0.2) is 0 Å². The molecular weight excluding hydrogens is 262 g/mol. The van der Waals surface area contributed by atoms with Crippen LogP contribution in [0, 0.1) is 6.92 Å². The topological polar surface area (TPSA) is 36.4 Å². The molecule has 1 saturated heterocycles. The van der Waals surface area contributed by atoms with E-state index in [0.29, 0.717) is 16.6 Å². The Morgan fingerprint density at radius 2 is 2.26 bits per heavy atom. The Morgan fingerprint density at radius 1 is 1.53 bits per heavy atom. The number of likely N-dealkylation sites (N-methyl/N-ethyl adjacent to an activating group) is 1. The van der Waals surface area contributed by atoms with Crippen molar-refractivity contribution < 1.29 is 4.79 Å². The Morgan fingerprint density at radius 3 is 2.84 bits per heavy atom. The van der Waals surface area contributed by atoms with Crippen LogP contribution in [0.1, 0.15) is 29.9 Å². The monoisotopic (exact) mass is 281 g/mol. The third-order valence-corrected chi connectivity index (χ3v) is 3.99. The number of amides is 1. The van der Waals surface area contributed by atoms with E-state index in [4.69, 9.17) is 11.6 Å². The Bertz CT molecular complexity index is 478. The van der Waals surface area contributed by atoms with Gasteiger partial charge in [-0.3, -0.25) is 14.7 Å². The Hall–Kier alpha value is -1.13. The normalized spacial score (nSPS) is 20.6. The number of piperazine rings is 1. The van der Waals surface area contributed by atoms with Crippen molar-refractivity contribution in [2.75, 3.05) is 26.2 Å². The lowest BCUT2D eigenvalue weighted by atomic mass is 10.1. The second-order valence-electron chi connectivity index (χ2n) is 5.03. The van der Waals surface area contributed by atoms with E-state index < -0.39 is 0 Å². The third-order valence-electron chi connectivity index (χ3n) is 3.68. The lowest BCUT2D eigenvalue weighted by Gasteiger charge is -2.39. The summed E-state index contributed by atoms with van der Waals surface area (Å²) in [4.78, 5) is 20.9. The summed E-state index contributed by atoms with van der Waals surface area (Å²) in [5.74, 6) is -0.0138. The maximum atomic E-state index is 12.5. The van der Waals surface area contributed by atoms with Crippen molar-refractivity contribution in [1.82, 2.24) is 14.8 Å². The van der Waals surface area contributed by atoms with Crippen molar-refractivity contribution in [3.8, 4) is 0 Å². The third kappa shape index (κ3) is 3.07. The highest BCUT2D eigenvalue weighted by Crippen LogP contribution is 2.19. The van der Waals surface area contributed by atoms with Crippen molar-refractivity contribution in [2.45, 2.75) is 26.8 Å². The number of aryl methyl sites for hydroxylation is 1. The minimum absolute atomic E-state index is 0.0138. The average Bonchev–Trinajstić information content (AvgIpc) is 2.38. The van der Waals surface area contributed by atoms with Crippen molar-refractivity contribution in [1.29, 1.82) is 0 Å². The molecule has 1 aliphatic rings. The minimum Gasteiger partial charge on any atom is -0.336 e. The van der Waals surface area contributed by atoms with E-state index in [9.17, 15) is 4.79 Å². The summed E-state index contributed by atoms with van der Waals surface area (Å²) in [7, 11) is 0. The van der Waals surface area contributed by atoms with Crippen LogP contribution in [0.25, 0.3) is 0 Å². The van der Waals surface area contributed by atoms with Gasteiger partial charge in [-0.05, 0) is 26.5 Å². The van der Waals surface area contributed by atoms with E-state index in [-0.39, 0.29) is 5.91 Å². The zero-order valence-corrected chi connectivity index (χ0v) is 12.4. The predicted octanol–water partition coefficient (Wildman–Crippen LogP) is 2.21. The number of carbonyl (C=O) groups is 1. The zero-order chi connectivity index (χ0) is 14.0. The van der Waals surface area contributed by atoms with Gasteiger partial charge in [0.2, 0.25) is 0 Å². The highest BCUT2D eigenvalue weighted by Gasteiger charge is 2.27. The zero-order valence-electron chi connectivity index (χ0n) is 11.7. The largest absolute Gasteiger partial charge is 0.336 e. The van der Waals surface area contributed by atoms with Gasteiger partial charge >= 0.3 is 0 Å². The van der Waals surface area contributed by atoms with Crippen molar-refractivity contribution >= 4 is 17.5 Å². The lowest BCUT2D eigenvalue weighted by molar-refractivity contribution is 0.0528. The highest BCUT2D eigenvalue weighted by atomic mass is 35.5. The van der Waals surface area contributed by atoms with E-state index in [0.717, 1.165) is 31.9 Å². The quantitative estimate of drug-likeness (QED) is 0.834. The van der Waals surface area contributed by atoms with E-state index in [2.05, 4.69) is 23.7 Å². The second kappa shape index (κ2) is 5.88. The standard InChI is InChI=1S/C14H20ClN3O/c1-4-17-5-6-18(9-11(17)3)14(19)12-8-16-10(2)7-13(12)15/h7-8,11H,4-6,9H2,1-3H3. The molecule has 0 spiro atoms. The van der Waals surface area contributed by atoms with Gasteiger partial charge in [0.25, 0.3) is 5.91 Å². The number of nitrogens with zero attached hydrogens (tertiary/aromatic N) is 3. The molecular formula is C14H20ClN3O. The molecule has 1 aromatic heterocycles.